The lowest BCUT2D eigenvalue weighted by molar-refractivity contribution is 0.109. The maximum absolute atomic E-state index is 5.52. The van der Waals surface area contributed by atoms with Crippen LogP contribution in [-0.2, 0) is 4.74 Å². The highest BCUT2D eigenvalue weighted by Crippen LogP contribution is 2.15. The van der Waals surface area contributed by atoms with Gasteiger partial charge in [-0.25, -0.2) is 0 Å². The summed E-state index contributed by atoms with van der Waals surface area (Å²) in [5, 5.41) is 3.36. The Morgan fingerprint density at radius 3 is 1.96 bits per heavy atom. The van der Waals surface area contributed by atoms with Gasteiger partial charge in [0, 0.05) is 0 Å². The summed E-state index contributed by atoms with van der Waals surface area (Å²) in [6.45, 7) is 16.2. The lowest BCUT2D eigenvalue weighted by atomic mass is 10.0. The van der Waals surface area contributed by atoms with E-state index < -0.39 is 0 Å². The molecular weight excluding hydrogens is 320 g/mol. The molecule has 1 heterocycles. The predicted octanol–water partition coefficient (Wildman–Crippen LogP) is 5.26. The molecule has 1 unspecified atom stereocenters. The van der Waals surface area contributed by atoms with Crippen LogP contribution in [0, 0.1) is 12.8 Å². The Morgan fingerprint density at radius 2 is 1.62 bits per heavy atom. The van der Waals surface area contributed by atoms with Crippen LogP contribution in [0.1, 0.15) is 41.5 Å². The Bertz CT molecular complexity index is 503. The summed E-state index contributed by atoms with van der Waals surface area (Å²) in [5.41, 5.74) is 1.31. The fraction of sp³-hybridized carbons (Fsp3) is 0.435. The molecule has 3 nitrogen and oxygen atoms in total. The van der Waals surface area contributed by atoms with Gasteiger partial charge in [0.05, 0.1) is 18.2 Å². The number of amidine groups is 1. The zero-order valence-electron chi connectivity index (χ0n) is 17.3. The maximum Gasteiger partial charge on any atom is 0.124 e. The van der Waals surface area contributed by atoms with E-state index in [9.17, 15) is 0 Å². The second kappa shape index (κ2) is 17.5. The van der Waals surface area contributed by atoms with Gasteiger partial charge in [0.1, 0.15) is 12.4 Å². The molecule has 0 spiro atoms. The van der Waals surface area contributed by atoms with Crippen LogP contribution >= 0.6 is 0 Å². The first-order valence-corrected chi connectivity index (χ1v) is 8.94. The molecule has 1 N–H and O–H groups in total. The van der Waals surface area contributed by atoms with Gasteiger partial charge < -0.3 is 10.1 Å². The van der Waals surface area contributed by atoms with Crippen LogP contribution < -0.4 is 5.32 Å². The first-order chi connectivity index (χ1) is 12.5. The molecule has 0 saturated carbocycles. The van der Waals surface area contributed by atoms with Crippen molar-refractivity contribution in [3.8, 4) is 12.8 Å². The Labute approximate surface area is 161 Å². The zero-order chi connectivity index (χ0) is 20.4. The van der Waals surface area contributed by atoms with Crippen LogP contribution in [0.25, 0.3) is 0 Å². The molecule has 0 bridgehead atoms. The van der Waals surface area contributed by atoms with Gasteiger partial charge in [0.15, 0.2) is 0 Å². The van der Waals surface area contributed by atoms with Gasteiger partial charge in [0.2, 0.25) is 0 Å². The molecule has 2 rings (SSSR count). The number of aliphatic imine (C=N–C) groups is 1. The average molecular weight is 357 g/mol. The van der Waals surface area contributed by atoms with E-state index in [4.69, 9.17) is 4.74 Å². The summed E-state index contributed by atoms with van der Waals surface area (Å²) >= 11 is 0. The smallest absolute Gasteiger partial charge is 0.124 e. The number of nitrogens with zero attached hydrogens (tertiary/aromatic N) is 1. The highest BCUT2D eigenvalue weighted by atomic mass is 16.5. The average Bonchev–Trinajstić information content (AvgIpc) is 3.04. The van der Waals surface area contributed by atoms with E-state index in [1.807, 2.05) is 57.2 Å². The molecule has 144 valence electrons. The third-order valence-corrected chi connectivity index (χ3v) is 3.30. The number of allylic oxidation sites excluding steroid dienone is 2. The van der Waals surface area contributed by atoms with Gasteiger partial charge in [-0.2, -0.15) is 0 Å². The molecule has 2 atom stereocenters. The van der Waals surface area contributed by atoms with Crippen molar-refractivity contribution in [1.82, 2.24) is 5.32 Å². The number of hydrogen-bond donors (Lipinski definition) is 1. The molecule has 0 aromatic heterocycles. The standard InChI is InChI=1S/C12H22N2O.C6H6.C3H6.C2H2/c1-6-9(4)12-10(5)13-11(14-12)7-15-8(2)3;1-2-4-6-5-3-1;1-3-2;1-2/h6,8,10,12H,7H2,1-5H3,(H,13,14);1-6H;3H,1H2,2H3;1-2H/b9-6+;;;/t10?,12-;;;/m1.../s1. The summed E-state index contributed by atoms with van der Waals surface area (Å²) in [6, 6.07) is 12.7. The maximum atomic E-state index is 5.52. The normalized spacial score (nSPS) is 17.9. The fourth-order valence-corrected chi connectivity index (χ4v) is 2.04. The summed E-state index contributed by atoms with van der Waals surface area (Å²) in [5.74, 6) is 0.974. The zero-order valence-corrected chi connectivity index (χ0v) is 17.3. The van der Waals surface area contributed by atoms with Crippen molar-refractivity contribution in [2.75, 3.05) is 6.61 Å². The molecule has 1 aromatic carbocycles. The summed E-state index contributed by atoms with van der Waals surface area (Å²) in [7, 11) is 0. The Morgan fingerprint density at radius 1 is 1.19 bits per heavy atom. The summed E-state index contributed by atoms with van der Waals surface area (Å²) < 4.78 is 5.52. The van der Waals surface area contributed by atoms with Gasteiger partial charge in [-0.15, -0.1) is 19.4 Å². The fourth-order valence-electron chi connectivity index (χ4n) is 2.04. The highest BCUT2D eigenvalue weighted by molar-refractivity contribution is 5.86. The Kier molecular flexibility index (Phi) is 17.5. The first kappa shape index (κ1) is 25.9. The molecule has 0 amide bonds. The lowest BCUT2D eigenvalue weighted by Crippen LogP contribution is -2.34. The second-order valence-corrected chi connectivity index (χ2v) is 5.91. The van der Waals surface area contributed by atoms with E-state index in [2.05, 4.69) is 56.6 Å². The highest BCUT2D eigenvalue weighted by Gasteiger charge is 2.25. The molecule has 3 heteroatoms. The van der Waals surface area contributed by atoms with Crippen molar-refractivity contribution in [2.24, 2.45) is 4.99 Å². The molecule has 0 saturated heterocycles. The van der Waals surface area contributed by atoms with Gasteiger partial charge in [-0.05, 0) is 41.5 Å². The summed E-state index contributed by atoms with van der Waals surface area (Å²) in [6.07, 6.45) is 12.1. The van der Waals surface area contributed by atoms with Gasteiger partial charge >= 0.3 is 0 Å². The van der Waals surface area contributed by atoms with Crippen molar-refractivity contribution in [3.05, 3.63) is 60.7 Å². The molecular formula is C23H36N2O. The van der Waals surface area contributed by atoms with E-state index in [1.165, 1.54) is 5.57 Å². The molecule has 26 heavy (non-hydrogen) atoms. The SMILES string of the molecule is C#C.C/C=C(\C)[C@H]1N=C(COC(C)C)NC1C.C=CC.c1ccccc1. The third-order valence-electron chi connectivity index (χ3n) is 3.30. The number of nitrogens with one attached hydrogen (secondary N) is 1. The molecule has 0 aliphatic carbocycles. The topological polar surface area (TPSA) is 33.6 Å². The van der Waals surface area contributed by atoms with E-state index in [1.54, 1.807) is 6.08 Å². The van der Waals surface area contributed by atoms with E-state index in [-0.39, 0.29) is 12.1 Å². The van der Waals surface area contributed by atoms with Crippen molar-refractivity contribution < 1.29 is 4.74 Å². The van der Waals surface area contributed by atoms with E-state index in [0.717, 1.165) is 5.84 Å². The van der Waals surface area contributed by atoms with Gasteiger partial charge in [-0.3, -0.25) is 4.99 Å². The predicted molar refractivity (Wildman–Crippen MR) is 117 cm³/mol. The lowest BCUT2D eigenvalue weighted by Gasteiger charge is -2.13. The number of ether oxygens (including phenoxy) is 1. The monoisotopic (exact) mass is 356 g/mol. The van der Waals surface area contributed by atoms with Crippen molar-refractivity contribution in [3.63, 3.8) is 0 Å². The minimum Gasteiger partial charge on any atom is -0.371 e. The Balaban J connectivity index is 0. The second-order valence-electron chi connectivity index (χ2n) is 5.91. The minimum absolute atomic E-state index is 0.256. The van der Waals surface area contributed by atoms with Crippen LogP contribution in [0.5, 0.6) is 0 Å². The third kappa shape index (κ3) is 13.0. The van der Waals surface area contributed by atoms with Crippen molar-refractivity contribution in [1.29, 1.82) is 0 Å². The van der Waals surface area contributed by atoms with E-state index >= 15 is 0 Å². The van der Waals surface area contributed by atoms with Crippen molar-refractivity contribution >= 4 is 5.84 Å². The van der Waals surface area contributed by atoms with Gasteiger partial charge in [0.25, 0.3) is 0 Å². The first-order valence-electron chi connectivity index (χ1n) is 8.94. The number of hydrogen-bond acceptors (Lipinski definition) is 3. The summed E-state index contributed by atoms with van der Waals surface area (Å²) in [4.78, 5) is 4.62. The molecule has 0 fully saturated rings. The molecule has 0 radical (unpaired) electrons. The molecule has 1 aliphatic rings. The van der Waals surface area contributed by atoms with Crippen LogP contribution in [-0.4, -0.2) is 30.6 Å². The van der Waals surface area contributed by atoms with Crippen LogP contribution in [0.2, 0.25) is 0 Å². The minimum atomic E-state index is 0.256. The van der Waals surface area contributed by atoms with Crippen LogP contribution in [0.15, 0.2) is 65.7 Å². The van der Waals surface area contributed by atoms with E-state index in [0.29, 0.717) is 12.6 Å². The number of rotatable bonds is 4. The van der Waals surface area contributed by atoms with Gasteiger partial charge in [-0.1, -0.05) is 54.1 Å². The largest absolute Gasteiger partial charge is 0.371 e. The van der Waals surface area contributed by atoms with Crippen molar-refractivity contribution in [2.45, 2.75) is 59.7 Å². The molecule has 1 aromatic rings. The van der Waals surface area contributed by atoms with Crippen LogP contribution in [0.3, 0.4) is 0 Å². The number of benzene rings is 1. The van der Waals surface area contributed by atoms with Crippen LogP contribution in [0.4, 0.5) is 0 Å². The Hall–Kier alpha value is -2.31. The number of terminal acetylenes is 1. The quantitative estimate of drug-likeness (QED) is 0.589. The molecule has 1 aliphatic heterocycles.